The van der Waals surface area contributed by atoms with E-state index in [1.807, 2.05) is 6.07 Å². The van der Waals surface area contributed by atoms with Crippen LogP contribution in [0, 0.1) is 12.7 Å². The Bertz CT molecular complexity index is 537. The van der Waals surface area contributed by atoms with Gasteiger partial charge in [0, 0.05) is 18.8 Å². The van der Waals surface area contributed by atoms with Crippen molar-refractivity contribution < 1.29 is 4.39 Å². The van der Waals surface area contributed by atoms with E-state index in [1.165, 1.54) is 11.6 Å². The zero-order chi connectivity index (χ0) is 14.4. The summed E-state index contributed by atoms with van der Waals surface area (Å²) in [5.74, 6) is -0.190. The molecular formula is C17H21FN2. The topological polar surface area (TPSA) is 29.3 Å². The molecule has 0 aliphatic carbocycles. The summed E-state index contributed by atoms with van der Waals surface area (Å²) >= 11 is 0. The van der Waals surface area contributed by atoms with Gasteiger partial charge in [-0.1, -0.05) is 29.8 Å². The fraction of sp³-hybridized carbons (Fsp3) is 0.294. The molecule has 0 aromatic heterocycles. The van der Waals surface area contributed by atoms with Crippen molar-refractivity contribution in [3.8, 4) is 0 Å². The van der Waals surface area contributed by atoms with E-state index in [0.29, 0.717) is 13.1 Å². The number of anilines is 1. The van der Waals surface area contributed by atoms with Gasteiger partial charge in [-0.05, 0) is 49.7 Å². The number of hydrogen-bond acceptors (Lipinski definition) is 2. The Morgan fingerprint density at radius 2 is 1.85 bits per heavy atom. The molecule has 0 radical (unpaired) electrons. The van der Waals surface area contributed by atoms with E-state index in [-0.39, 0.29) is 5.82 Å². The van der Waals surface area contributed by atoms with Crippen LogP contribution in [0.5, 0.6) is 0 Å². The van der Waals surface area contributed by atoms with Crippen molar-refractivity contribution in [2.24, 2.45) is 5.73 Å². The highest BCUT2D eigenvalue weighted by atomic mass is 19.1. The summed E-state index contributed by atoms with van der Waals surface area (Å²) in [6.45, 7) is 4.29. The minimum Gasteiger partial charge on any atom is -0.367 e. The summed E-state index contributed by atoms with van der Waals surface area (Å²) in [7, 11) is 0. The molecule has 2 N–H and O–H groups in total. The van der Waals surface area contributed by atoms with Gasteiger partial charge in [0.1, 0.15) is 5.82 Å². The Labute approximate surface area is 120 Å². The van der Waals surface area contributed by atoms with E-state index in [2.05, 4.69) is 36.1 Å². The van der Waals surface area contributed by atoms with Crippen molar-refractivity contribution in [1.82, 2.24) is 0 Å². The average molecular weight is 272 g/mol. The summed E-state index contributed by atoms with van der Waals surface area (Å²) in [6, 6.07) is 15.2. The van der Waals surface area contributed by atoms with Crippen molar-refractivity contribution in [1.29, 1.82) is 0 Å². The number of halogens is 1. The molecule has 0 atom stereocenters. The molecule has 0 aliphatic rings. The molecule has 0 saturated carbocycles. The van der Waals surface area contributed by atoms with Crippen LogP contribution in [0.15, 0.2) is 48.5 Å². The molecule has 0 amide bonds. The van der Waals surface area contributed by atoms with Gasteiger partial charge >= 0.3 is 0 Å². The van der Waals surface area contributed by atoms with E-state index < -0.39 is 0 Å². The van der Waals surface area contributed by atoms with Crippen LogP contribution in [0.1, 0.15) is 17.5 Å². The SMILES string of the molecule is Cc1ccc(N(CCCN)Cc2cccc(F)c2)cc1. The van der Waals surface area contributed by atoms with Crippen molar-refractivity contribution in [2.45, 2.75) is 19.9 Å². The van der Waals surface area contributed by atoms with Crippen LogP contribution in [-0.4, -0.2) is 13.1 Å². The van der Waals surface area contributed by atoms with Gasteiger partial charge in [0.25, 0.3) is 0 Å². The molecule has 0 saturated heterocycles. The van der Waals surface area contributed by atoms with Crippen molar-refractivity contribution >= 4 is 5.69 Å². The lowest BCUT2D eigenvalue weighted by atomic mass is 10.1. The number of nitrogens with two attached hydrogens (primary N) is 1. The van der Waals surface area contributed by atoms with Crippen molar-refractivity contribution in [3.63, 3.8) is 0 Å². The quantitative estimate of drug-likeness (QED) is 0.872. The minimum absolute atomic E-state index is 0.190. The average Bonchev–Trinajstić information content (AvgIpc) is 2.44. The summed E-state index contributed by atoms with van der Waals surface area (Å²) in [6.07, 6.45) is 0.920. The number of nitrogens with zero attached hydrogens (tertiary/aromatic N) is 1. The first kappa shape index (κ1) is 14.5. The molecule has 2 rings (SSSR count). The molecule has 0 bridgehead atoms. The third kappa shape index (κ3) is 4.07. The Hall–Kier alpha value is -1.87. The molecule has 106 valence electrons. The predicted molar refractivity (Wildman–Crippen MR) is 82.3 cm³/mol. The zero-order valence-corrected chi connectivity index (χ0v) is 11.8. The van der Waals surface area contributed by atoms with Gasteiger partial charge in [0.2, 0.25) is 0 Å². The normalized spacial score (nSPS) is 10.6. The number of aryl methyl sites for hydroxylation is 1. The molecule has 2 nitrogen and oxygen atoms in total. The highest BCUT2D eigenvalue weighted by Gasteiger charge is 2.07. The Kier molecular flexibility index (Phi) is 5.13. The number of rotatable bonds is 6. The van der Waals surface area contributed by atoms with Gasteiger partial charge in [-0.15, -0.1) is 0 Å². The molecule has 0 heterocycles. The maximum absolute atomic E-state index is 13.3. The molecule has 3 heteroatoms. The van der Waals surface area contributed by atoms with Crippen LogP contribution in [0.4, 0.5) is 10.1 Å². The van der Waals surface area contributed by atoms with Gasteiger partial charge in [-0.2, -0.15) is 0 Å². The molecule has 2 aromatic carbocycles. The Morgan fingerprint density at radius 3 is 2.50 bits per heavy atom. The first-order chi connectivity index (χ1) is 9.69. The number of benzene rings is 2. The summed E-state index contributed by atoms with van der Waals surface area (Å²) in [5.41, 5.74) is 8.97. The summed E-state index contributed by atoms with van der Waals surface area (Å²) < 4.78 is 13.3. The lowest BCUT2D eigenvalue weighted by Crippen LogP contribution is -2.25. The van der Waals surface area contributed by atoms with E-state index in [4.69, 9.17) is 5.73 Å². The van der Waals surface area contributed by atoms with E-state index in [9.17, 15) is 4.39 Å². The van der Waals surface area contributed by atoms with Gasteiger partial charge < -0.3 is 10.6 Å². The van der Waals surface area contributed by atoms with E-state index in [0.717, 1.165) is 24.2 Å². The van der Waals surface area contributed by atoms with Gasteiger partial charge in [0.05, 0.1) is 0 Å². The minimum atomic E-state index is -0.190. The van der Waals surface area contributed by atoms with Crippen LogP contribution in [0.3, 0.4) is 0 Å². The molecule has 2 aromatic rings. The van der Waals surface area contributed by atoms with Crippen LogP contribution in [0.25, 0.3) is 0 Å². The smallest absolute Gasteiger partial charge is 0.123 e. The second-order valence-corrected chi connectivity index (χ2v) is 5.03. The number of hydrogen-bond donors (Lipinski definition) is 1. The van der Waals surface area contributed by atoms with E-state index >= 15 is 0 Å². The molecule has 0 spiro atoms. The second-order valence-electron chi connectivity index (χ2n) is 5.03. The van der Waals surface area contributed by atoms with Crippen molar-refractivity contribution in [3.05, 3.63) is 65.5 Å². The highest BCUT2D eigenvalue weighted by molar-refractivity contribution is 5.48. The van der Waals surface area contributed by atoms with Crippen LogP contribution in [-0.2, 0) is 6.54 Å². The van der Waals surface area contributed by atoms with Gasteiger partial charge in [0.15, 0.2) is 0 Å². The Balaban J connectivity index is 2.16. The lowest BCUT2D eigenvalue weighted by molar-refractivity contribution is 0.624. The summed E-state index contributed by atoms with van der Waals surface area (Å²) in [5, 5.41) is 0. The largest absolute Gasteiger partial charge is 0.367 e. The van der Waals surface area contributed by atoms with Gasteiger partial charge in [-0.25, -0.2) is 4.39 Å². The summed E-state index contributed by atoms with van der Waals surface area (Å²) in [4.78, 5) is 2.24. The van der Waals surface area contributed by atoms with Crippen LogP contribution in [0.2, 0.25) is 0 Å². The highest BCUT2D eigenvalue weighted by Crippen LogP contribution is 2.18. The van der Waals surface area contributed by atoms with E-state index in [1.54, 1.807) is 12.1 Å². The molecule has 0 fully saturated rings. The standard InChI is InChI=1S/C17H21FN2/c1-14-6-8-17(9-7-14)20(11-3-10-19)13-15-4-2-5-16(18)12-15/h2,4-9,12H,3,10-11,13,19H2,1H3. The monoisotopic (exact) mass is 272 g/mol. The Morgan fingerprint density at radius 1 is 1.10 bits per heavy atom. The molecule has 20 heavy (non-hydrogen) atoms. The van der Waals surface area contributed by atoms with Gasteiger partial charge in [-0.3, -0.25) is 0 Å². The third-order valence-corrected chi connectivity index (χ3v) is 3.29. The molecule has 0 unspecified atom stereocenters. The zero-order valence-electron chi connectivity index (χ0n) is 11.8. The fourth-order valence-electron chi connectivity index (χ4n) is 2.19. The third-order valence-electron chi connectivity index (χ3n) is 3.29. The van der Waals surface area contributed by atoms with Crippen LogP contribution >= 0.6 is 0 Å². The van der Waals surface area contributed by atoms with Crippen LogP contribution < -0.4 is 10.6 Å². The maximum Gasteiger partial charge on any atom is 0.123 e. The lowest BCUT2D eigenvalue weighted by Gasteiger charge is -2.25. The molecule has 0 aliphatic heterocycles. The first-order valence-electron chi connectivity index (χ1n) is 6.95. The maximum atomic E-state index is 13.3. The fourth-order valence-corrected chi connectivity index (χ4v) is 2.19. The first-order valence-corrected chi connectivity index (χ1v) is 6.95. The second kappa shape index (κ2) is 7.06. The molecular weight excluding hydrogens is 251 g/mol. The van der Waals surface area contributed by atoms with Crippen molar-refractivity contribution in [2.75, 3.05) is 18.0 Å². The predicted octanol–water partition coefficient (Wildman–Crippen LogP) is 3.49.